The Hall–Kier alpha value is -2.62. The lowest BCUT2D eigenvalue weighted by Crippen LogP contribution is -2.48. The smallest absolute Gasteiger partial charge is 0.259 e. The number of fused-ring (bicyclic) bond motifs is 1. The van der Waals surface area contributed by atoms with Crippen molar-refractivity contribution in [1.29, 1.82) is 0 Å². The van der Waals surface area contributed by atoms with Gasteiger partial charge in [-0.1, -0.05) is 36.4 Å². The van der Waals surface area contributed by atoms with Gasteiger partial charge >= 0.3 is 0 Å². The Labute approximate surface area is 136 Å². The lowest BCUT2D eigenvalue weighted by Gasteiger charge is -2.25. The molecule has 1 heterocycles. The molecule has 0 aliphatic carbocycles. The number of rotatable bonds is 3. The van der Waals surface area contributed by atoms with Crippen LogP contribution in [0.15, 0.2) is 48.5 Å². The number of hydrogen-bond acceptors (Lipinski definition) is 2. The lowest BCUT2D eigenvalue weighted by atomic mass is 10.1. The standard InChI is InChI=1S/C19H20N2O2/c1-3-20-18(22)17-12-14-9-5-7-11-16(14)21(17)19(23)15-10-6-4-8-13(15)2/h4-11,17H,3,12H2,1-2H3,(H,20,22). The number of aryl methyl sites for hydroxylation is 1. The summed E-state index contributed by atoms with van der Waals surface area (Å²) in [6.45, 7) is 4.35. The molecule has 1 N–H and O–H groups in total. The van der Waals surface area contributed by atoms with E-state index in [2.05, 4.69) is 5.32 Å². The molecule has 1 aliphatic rings. The molecule has 0 bridgehead atoms. The van der Waals surface area contributed by atoms with Gasteiger partial charge in [-0.2, -0.15) is 0 Å². The van der Waals surface area contributed by atoms with E-state index in [1.54, 1.807) is 4.90 Å². The van der Waals surface area contributed by atoms with Crippen molar-refractivity contribution >= 4 is 17.5 Å². The predicted octanol–water partition coefficient (Wildman–Crippen LogP) is 2.70. The van der Waals surface area contributed by atoms with Gasteiger partial charge in [0.1, 0.15) is 6.04 Å². The van der Waals surface area contributed by atoms with Gasteiger partial charge < -0.3 is 5.32 Å². The van der Waals surface area contributed by atoms with Crippen molar-refractivity contribution in [3.8, 4) is 0 Å². The van der Waals surface area contributed by atoms with Gasteiger partial charge in [0.2, 0.25) is 5.91 Å². The molecular weight excluding hydrogens is 288 g/mol. The maximum absolute atomic E-state index is 13.1. The van der Waals surface area contributed by atoms with Crippen LogP contribution in [0, 0.1) is 6.92 Å². The normalized spacial score (nSPS) is 16.1. The fraction of sp³-hybridized carbons (Fsp3) is 0.263. The van der Waals surface area contributed by atoms with Gasteiger partial charge in [-0.3, -0.25) is 14.5 Å². The van der Waals surface area contributed by atoms with Crippen molar-refractivity contribution in [2.24, 2.45) is 0 Å². The van der Waals surface area contributed by atoms with Gasteiger partial charge in [0, 0.05) is 24.2 Å². The summed E-state index contributed by atoms with van der Waals surface area (Å²) in [5.41, 5.74) is 3.41. The van der Waals surface area contributed by atoms with E-state index in [0.29, 0.717) is 18.5 Å². The van der Waals surface area contributed by atoms with Crippen molar-refractivity contribution in [1.82, 2.24) is 5.32 Å². The monoisotopic (exact) mass is 308 g/mol. The highest BCUT2D eigenvalue weighted by atomic mass is 16.2. The van der Waals surface area contributed by atoms with Gasteiger partial charge in [-0.15, -0.1) is 0 Å². The molecule has 2 aromatic carbocycles. The van der Waals surface area contributed by atoms with Gasteiger partial charge in [0.15, 0.2) is 0 Å². The zero-order valence-electron chi connectivity index (χ0n) is 13.4. The second kappa shape index (κ2) is 6.24. The Morgan fingerprint density at radius 2 is 1.83 bits per heavy atom. The molecule has 0 radical (unpaired) electrons. The highest BCUT2D eigenvalue weighted by Crippen LogP contribution is 2.33. The first-order valence-corrected chi connectivity index (χ1v) is 7.88. The van der Waals surface area contributed by atoms with E-state index >= 15 is 0 Å². The lowest BCUT2D eigenvalue weighted by molar-refractivity contribution is -0.122. The molecule has 2 amide bonds. The molecule has 1 unspecified atom stereocenters. The van der Waals surface area contributed by atoms with Gasteiger partial charge in [-0.05, 0) is 37.1 Å². The van der Waals surface area contributed by atoms with E-state index in [1.807, 2.05) is 62.4 Å². The maximum atomic E-state index is 13.1. The summed E-state index contributed by atoms with van der Waals surface area (Å²) < 4.78 is 0. The Kier molecular flexibility index (Phi) is 4.15. The van der Waals surface area contributed by atoms with Crippen molar-refractivity contribution in [3.05, 3.63) is 65.2 Å². The van der Waals surface area contributed by atoms with E-state index in [-0.39, 0.29) is 11.8 Å². The second-order valence-electron chi connectivity index (χ2n) is 5.73. The quantitative estimate of drug-likeness (QED) is 0.948. The van der Waals surface area contributed by atoms with Crippen molar-refractivity contribution in [2.75, 3.05) is 11.4 Å². The van der Waals surface area contributed by atoms with Crippen LogP contribution < -0.4 is 10.2 Å². The number of likely N-dealkylation sites (N-methyl/N-ethyl adjacent to an activating group) is 1. The third-order valence-electron chi connectivity index (χ3n) is 4.22. The molecule has 0 spiro atoms. The van der Waals surface area contributed by atoms with Crippen LogP contribution in [0.25, 0.3) is 0 Å². The fourth-order valence-electron chi connectivity index (χ4n) is 3.08. The Morgan fingerprint density at radius 3 is 2.57 bits per heavy atom. The molecule has 23 heavy (non-hydrogen) atoms. The van der Waals surface area contributed by atoms with Gasteiger partial charge in [0.05, 0.1) is 0 Å². The van der Waals surface area contributed by atoms with Crippen LogP contribution in [0.2, 0.25) is 0 Å². The third kappa shape index (κ3) is 2.72. The Balaban J connectivity index is 2.03. The molecule has 118 valence electrons. The van der Waals surface area contributed by atoms with Crippen LogP contribution in [0.5, 0.6) is 0 Å². The molecule has 0 fully saturated rings. The summed E-state index contributed by atoms with van der Waals surface area (Å²) in [5, 5.41) is 2.84. The minimum absolute atomic E-state index is 0.106. The number of hydrogen-bond donors (Lipinski definition) is 1. The Morgan fingerprint density at radius 1 is 1.13 bits per heavy atom. The van der Waals surface area contributed by atoms with Gasteiger partial charge in [0.25, 0.3) is 5.91 Å². The van der Waals surface area contributed by atoms with Crippen molar-refractivity contribution < 1.29 is 9.59 Å². The molecule has 0 saturated heterocycles. The minimum atomic E-state index is -0.487. The summed E-state index contributed by atoms with van der Waals surface area (Å²) in [7, 11) is 0. The van der Waals surface area contributed by atoms with E-state index in [9.17, 15) is 9.59 Å². The van der Waals surface area contributed by atoms with E-state index in [0.717, 1.165) is 16.8 Å². The topological polar surface area (TPSA) is 49.4 Å². The van der Waals surface area contributed by atoms with Crippen molar-refractivity contribution in [3.63, 3.8) is 0 Å². The number of nitrogens with one attached hydrogen (secondary N) is 1. The molecule has 4 nitrogen and oxygen atoms in total. The Bertz CT molecular complexity index is 755. The molecule has 1 aliphatic heterocycles. The molecule has 0 aromatic heterocycles. The predicted molar refractivity (Wildman–Crippen MR) is 90.6 cm³/mol. The minimum Gasteiger partial charge on any atom is -0.355 e. The van der Waals surface area contributed by atoms with Crippen LogP contribution in [0.3, 0.4) is 0 Å². The maximum Gasteiger partial charge on any atom is 0.259 e. The third-order valence-corrected chi connectivity index (χ3v) is 4.22. The van der Waals surface area contributed by atoms with Crippen LogP contribution in [-0.2, 0) is 11.2 Å². The number of carbonyl (C=O) groups is 2. The number of amides is 2. The average Bonchev–Trinajstić information content (AvgIpc) is 2.94. The number of carbonyl (C=O) groups excluding carboxylic acids is 2. The molecular formula is C19H20N2O2. The van der Waals surface area contributed by atoms with Crippen LogP contribution in [0.1, 0.15) is 28.4 Å². The second-order valence-corrected chi connectivity index (χ2v) is 5.73. The van der Waals surface area contributed by atoms with Crippen molar-refractivity contribution in [2.45, 2.75) is 26.3 Å². The number of para-hydroxylation sites is 1. The summed E-state index contributed by atoms with van der Waals surface area (Å²) >= 11 is 0. The first kappa shape index (κ1) is 15.3. The molecule has 4 heteroatoms. The summed E-state index contributed by atoms with van der Waals surface area (Å²) in [5.74, 6) is -0.227. The van der Waals surface area contributed by atoms with Crippen LogP contribution >= 0.6 is 0 Å². The molecule has 2 aromatic rings. The van der Waals surface area contributed by atoms with E-state index in [1.165, 1.54) is 0 Å². The first-order chi connectivity index (χ1) is 11.1. The fourth-order valence-corrected chi connectivity index (χ4v) is 3.08. The molecule has 3 rings (SSSR count). The largest absolute Gasteiger partial charge is 0.355 e. The zero-order chi connectivity index (χ0) is 16.4. The van der Waals surface area contributed by atoms with E-state index in [4.69, 9.17) is 0 Å². The highest BCUT2D eigenvalue weighted by molar-refractivity contribution is 6.12. The van der Waals surface area contributed by atoms with Crippen LogP contribution in [0.4, 0.5) is 5.69 Å². The molecule has 0 saturated carbocycles. The SMILES string of the molecule is CCNC(=O)C1Cc2ccccc2N1C(=O)c1ccccc1C. The first-order valence-electron chi connectivity index (χ1n) is 7.88. The van der Waals surface area contributed by atoms with E-state index < -0.39 is 6.04 Å². The number of anilines is 1. The number of benzene rings is 2. The summed E-state index contributed by atoms with van der Waals surface area (Å²) in [6.07, 6.45) is 0.555. The average molecular weight is 308 g/mol. The highest BCUT2D eigenvalue weighted by Gasteiger charge is 2.38. The summed E-state index contributed by atoms with van der Waals surface area (Å²) in [6, 6.07) is 14.7. The summed E-state index contributed by atoms with van der Waals surface area (Å²) in [4.78, 5) is 27.2. The number of nitrogens with zero attached hydrogens (tertiary/aromatic N) is 1. The van der Waals surface area contributed by atoms with Gasteiger partial charge in [-0.25, -0.2) is 0 Å². The molecule has 1 atom stereocenters. The van der Waals surface area contributed by atoms with Crippen LogP contribution in [-0.4, -0.2) is 24.4 Å². The zero-order valence-corrected chi connectivity index (χ0v) is 13.4.